The van der Waals surface area contributed by atoms with Crippen LogP contribution in [0, 0.1) is 0 Å². The van der Waals surface area contributed by atoms with Gasteiger partial charge in [-0.1, -0.05) is 0 Å². The first-order valence-electron chi connectivity index (χ1n) is 8.71. The van der Waals surface area contributed by atoms with Crippen molar-refractivity contribution >= 4 is 29.3 Å². The molecular weight excluding hydrogens is 322 g/mol. The molecule has 2 fully saturated rings. The van der Waals surface area contributed by atoms with Crippen molar-refractivity contribution in [2.24, 2.45) is 0 Å². The topological polar surface area (TPSA) is 52.6 Å². The van der Waals surface area contributed by atoms with E-state index in [-0.39, 0.29) is 11.8 Å². The molecule has 0 radical (unpaired) electrons. The fourth-order valence-electron chi connectivity index (χ4n) is 4.25. The second-order valence-corrected chi connectivity index (χ2v) is 7.96. The van der Waals surface area contributed by atoms with Gasteiger partial charge in [-0.25, -0.2) is 0 Å². The zero-order valence-corrected chi connectivity index (χ0v) is 14.8. The van der Waals surface area contributed by atoms with Gasteiger partial charge in [0.05, 0.1) is 11.4 Å². The Labute approximate surface area is 146 Å². The number of hydrogen-bond donors (Lipinski definition) is 1. The summed E-state index contributed by atoms with van der Waals surface area (Å²) in [5.74, 6) is 0.553. The molecule has 0 saturated carbocycles. The first kappa shape index (κ1) is 16.0. The van der Waals surface area contributed by atoms with Gasteiger partial charge in [0, 0.05) is 29.1 Å². The number of benzene rings is 1. The first-order chi connectivity index (χ1) is 11.6. The van der Waals surface area contributed by atoms with Crippen LogP contribution in [0.2, 0.25) is 0 Å². The lowest BCUT2D eigenvalue weighted by molar-refractivity contribution is -0.113. The highest BCUT2D eigenvalue weighted by molar-refractivity contribution is 8.00. The summed E-state index contributed by atoms with van der Waals surface area (Å²) in [6.07, 6.45) is 4.58. The van der Waals surface area contributed by atoms with Gasteiger partial charge in [0.2, 0.25) is 5.91 Å². The molecule has 6 heteroatoms. The number of amides is 2. The average Bonchev–Trinajstić information content (AvgIpc) is 3.21. The van der Waals surface area contributed by atoms with Crippen molar-refractivity contribution < 1.29 is 9.59 Å². The van der Waals surface area contributed by atoms with Crippen LogP contribution >= 0.6 is 11.8 Å². The Balaban J connectivity index is 1.56. The molecule has 1 N–H and O–H groups in total. The van der Waals surface area contributed by atoms with E-state index < -0.39 is 0 Å². The maximum absolute atomic E-state index is 13.1. The summed E-state index contributed by atoms with van der Waals surface area (Å²) in [5.41, 5.74) is 1.46. The highest BCUT2D eigenvalue weighted by Gasteiger charge is 2.38. The summed E-state index contributed by atoms with van der Waals surface area (Å²) in [6, 6.07) is 6.52. The Morgan fingerprint density at radius 3 is 2.79 bits per heavy atom. The van der Waals surface area contributed by atoms with Crippen molar-refractivity contribution in [1.29, 1.82) is 0 Å². The van der Waals surface area contributed by atoms with Gasteiger partial charge in [-0.2, -0.15) is 0 Å². The van der Waals surface area contributed by atoms with Gasteiger partial charge in [0.25, 0.3) is 5.91 Å². The maximum Gasteiger partial charge on any atom is 0.254 e. The zero-order chi connectivity index (χ0) is 16.7. The monoisotopic (exact) mass is 345 g/mol. The molecule has 128 valence electrons. The van der Waals surface area contributed by atoms with Gasteiger partial charge >= 0.3 is 0 Å². The Kier molecular flexibility index (Phi) is 4.26. The normalized spacial score (nSPS) is 27.2. The number of likely N-dealkylation sites (N-methyl/N-ethyl adjacent to an activating group) is 1. The molecule has 0 unspecified atom stereocenters. The van der Waals surface area contributed by atoms with Crippen LogP contribution in [0.25, 0.3) is 0 Å². The van der Waals surface area contributed by atoms with Crippen LogP contribution in [-0.4, -0.2) is 59.6 Å². The van der Waals surface area contributed by atoms with Crippen LogP contribution in [0.1, 0.15) is 36.0 Å². The SMILES string of the molecule is CN1CCC[C@H]1[C@@H]1CCCN1C(=O)c1ccc2c(c1)NC(=O)CS2. The quantitative estimate of drug-likeness (QED) is 0.894. The van der Waals surface area contributed by atoms with Crippen LogP contribution in [0.4, 0.5) is 5.69 Å². The molecule has 0 bridgehead atoms. The Bertz CT molecular complexity index is 678. The van der Waals surface area contributed by atoms with Crippen molar-refractivity contribution in [1.82, 2.24) is 9.80 Å². The van der Waals surface area contributed by atoms with Gasteiger partial charge < -0.3 is 15.1 Å². The van der Waals surface area contributed by atoms with Gasteiger partial charge in [-0.15, -0.1) is 11.8 Å². The van der Waals surface area contributed by atoms with Gasteiger partial charge in [-0.05, 0) is 57.5 Å². The summed E-state index contributed by atoms with van der Waals surface area (Å²) in [4.78, 5) is 30.2. The number of fused-ring (bicyclic) bond motifs is 1. The van der Waals surface area contributed by atoms with E-state index in [4.69, 9.17) is 0 Å². The molecule has 4 rings (SSSR count). The van der Waals surface area contributed by atoms with Crippen molar-refractivity contribution in [2.45, 2.75) is 42.7 Å². The first-order valence-corrected chi connectivity index (χ1v) is 9.70. The Morgan fingerprint density at radius 2 is 2.00 bits per heavy atom. The van der Waals surface area contributed by atoms with Gasteiger partial charge in [0.1, 0.15) is 0 Å². The lowest BCUT2D eigenvalue weighted by atomic mass is 10.0. The average molecular weight is 345 g/mol. The molecule has 2 saturated heterocycles. The predicted octanol–water partition coefficient (Wildman–Crippen LogP) is 2.43. The Morgan fingerprint density at radius 1 is 1.21 bits per heavy atom. The summed E-state index contributed by atoms with van der Waals surface area (Å²) < 4.78 is 0. The number of thioether (sulfide) groups is 1. The van der Waals surface area contributed by atoms with Crippen molar-refractivity contribution in [3.05, 3.63) is 23.8 Å². The second-order valence-electron chi connectivity index (χ2n) is 6.95. The molecule has 0 aliphatic carbocycles. The van der Waals surface area contributed by atoms with E-state index in [2.05, 4.69) is 22.2 Å². The maximum atomic E-state index is 13.1. The minimum absolute atomic E-state index is 0.00345. The summed E-state index contributed by atoms with van der Waals surface area (Å²) >= 11 is 1.53. The summed E-state index contributed by atoms with van der Waals surface area (Å²) in [5, 5.41) is 2.88. The van der Waals surface area contributed by atoms with E-state index in [1.165, 1.54) is 24.6 Å². The molecule has 3 aliphatic heterocycles. The minimum Gasteiger partial charge on any atom is -0.334 e. The van der Waals surface area contributed by atoms with E-state index in [9.17, 15) is 9.59 Å². The fraction of sp³-hybridized carbons (Fsp3) is 0.556. The second kappa shape index (κ2) is 6.41. The third-order valence-electron chi connectivity index (χ3n) is 5.44. The number of hydrogen-bond acceptors (Lipinski definition) is 4. The number of carbonyl (C=O) groups excluding carboxylic acids is 2. The van der Waals surface area contributed by atoms with E-state index in [1.54, 1.807) is 0 Å². The van der Waals surface area contributed by atoms with Gasteiger partial charge in [0.15, 0.2) is 0 Å². The summed E-state index contributed by atoms with van der Waals surface area (Å²) in [6.45, 7) is 1.97. The van der Waals surface area contributed by atoms with Crippen LogP contribution < -0.4 is 5.32 Å². The highest BCUT2D eigenvalue weighted by Crippen LogP contribution is 2.34. The van der Waals surface area contributed by atoms with E-state index >= 15 is 0 Å². The standard InChI is InChI=1S/C18H23N3O2S/c1-20-8-2-4-14(20)15-5-3-9-21(15)18(23)12-6-7-16-13(10-12)19-17(22)11-24-16/h6-7,10,14-15H,2-5,8-9,11H2,1H3,(H,19,22)/t14-,15-/m0/s1. The molecule has 0 aromatic heterocycles. The van der Waals surface area contributed by atoms with Crippen LogP contribution in [-0.2, 0) is 4.79 Å². The van der Waals surface area contributed by atoms with E-state index in [0.29, 0.717) is 23.4 Å². The molecule has 2 atom stereocenters. The number of carbonyl (C=O) groups is 2. The molecular formula is C18H23N3O2S. The number of rotatable bonds is 2. The third-order valence-corrected chi connectivity index (χ3v) is 6.51. The van der Waals surface area contributed by atoms with Crippen LogP contribution in [0.3, 0.4) is 0 Å². The lowest BCUT2D eigenvalue weighted by Gasteiger charge is -2.33. The summed E-state index contributed by atoms with van der Waals surface area (Å²) in [7, 11) is 2.17. The molecule has 24 heavy (non-hydrogen) atoms. The molecule has 0 spiro atoms. The molecule has 5 nitrogen and oxygen atoms in total. The van der Waals surface area contributed by atoms with E-state index in [0.717, 1.165) is 36.5 Å². The van der Waals surface area contributed by atoms with Crippen LogP contribution in [0.5, 0.6) is 0 Å². The van der Waals surface area contributed by atoms with Gasteiger partial charge in [-0.3, -0.25) is 9.59 Å². The number of nitrogens with one attached hydrogen (secondary N) is 1. The number of nitrogens with zero attached hydrogens (tertiary/aromatic N) is 2. The number of likely N-dealkylation sites (tertiary alicyclic amines) is 2. The number of anilines is 1. The molecule has 1 aromatic carbocycles. The molecule has 1 aromatic rings. The van der Waals surface area contributed by atoms with E-state index in [1.807, 2.05) is 18.2 Å². The fourth-order valence-corrected chi connectivity index (χ4v) is 5.04. The Hall–Kier alpha value is -1.53. The third kappa shape index (κ3) is 2.82. The lowest BCUT2D eigenvalue weighted by Crippen LogP contribution is -2.47. The molecule has 3 heterocycles. The highest BCUT2D eigenvalue weighted by atomic mass is 32.2. The van der Waals surface area contributed by atoms with Crippen molar-refractivity contribution in [3.63, 3.8) is 0 Å². The van der Waals surface area contributed by atoms with Crippen molar-refractivity contribution in [2.75, 3.05) is 31.2 Å². The minimum atomic E-state index is 0.00345. The van der Waals surface area contributed by atoms with Crippen molar-refractivity contribution in [3.8, 4) is 0 Å². The largest absolute Gasteiger partial charge is 0.334 e. The molecule has 2 amide bonds. The smallest absolute Gasteiger partial charge is 0.254 e. The molecule has 3 aliphatic rings. The zero-order valence-electron chi connectivity index (χ0n) is 14.0. The van der Waals surface area contributed by atoms with Crippen LogP contribution in [0.15, 0.2) is 23.1 Å². The predicted molar refractivity (Wildman–Crippen MR) is 95.5 cm³/mol.